The molecule has 0 spiro atoms. The van der Waals surface area contributed by atoms with Crippen LogP contribution in [0.15, 0.2) is 53.7 Å². The van der Waals surface area contributed by atoms with Gasteiger partial charge in [-0.1, -0.05) is 18.2 Å². The largest absolute Gasteiger partial charge is 0.395 e. The minimum atomic E-state index is -0.264. The van der Waals surface area contributed by atoms with E-state index in [1.807, 2.05) is 5.38 Å². The number of carbonyl (C=O) groups is 2. The number of hydrogen-bond donors (Lipinski definition) is 2. The van der Waals surface area contributed by atoms with Crippen molar-refractivity contribution in [1.29, 1.82) is 0 Å². The molecule has 1 aromatic carbocycles. The third-order valence-electron chi connectivity index (χ3n) is 3.20. The lowest BCUT2D eigenvalue weighted by Crippen LogP contribution is -2.34. The van der Waals surface area contributed by atoms with Gasteiger partial charge in [-0.05, 0) is 23.6 Å². The highest BCUT2D eigenvalue weighted by Crippen LogP contribution is 2.19. The van der Waals surface area contributed by atoms with E-state index >= 15 is 0 Å². The third-order valence-corrected chi connectivity index (χ3v) is 3.88. The summed E-state index contributed by atoms with van der Waals surface area (Å²) in [5.74, 6) is -0.524. The van der Waals surface area contributed by atoms with Crippen molar-refractivity contribution < 1.29 is 14.7 Å². The normalized spacial score (nSPS) is 10.1. The minimum Gasteiger partial charge on any atom is -0.395 e. The Bertz CT molecular complexity index is 683. The Kier molecular flexibility index (Phi) is 6.08. The summed E-state index contributed by atoms with van der Waals surface area (Å²) in [6, 6.07) is 8.55. The summed E-state index contributed by atoms with van der Waals surface area (Å²) in [5.41, 5.74) is 1.38. The van der Waals surface area contributed by atoms with Crippen molar-refractivity contribution in [2.45, 2.75) is 0 Å². The topological polar surface area (TPSA) is 69.6 Å². The molecular formula is C17H18N2O3S. The van der Waals surface area contributed by atoms with Crippen LogP contribution in [0.1, 0.15) is 20.7 Å². The Morgan fingerprint density at radius 3 is 2.74 bits per heavy atom. The fraction of sp³-hybridized carbons (Fsp3) is 0.176. The zero-order valence-corrected chi connectivity index (χ0v) is 13.4. The Balaban J connectivity index is 2.24. The molecule has 1 heterocycles. The molecule has 0 aliphatic rings. The van der Waals surface area contributed by atoms with Gasteiger partial charge >= 0.3 is 0 Å². The van der Waals surface area contributed by atoms with E-state index in [2.05, 4.69) is 11.9 Å². The van der Waals surface area contributed by atoms with E-state index in [4.69, 9.17) is 5.11 Å². The zero-order chi connectivity index (χ0) is 16.7. The molecule has 2 aromatic rings. The van der Waals surface area contributed by atoms with Crippen molar-refractivity contribution in [2.75, 3.05) is 25.0 Å². The van der Waals surface area contributed by atoms with Crippen LogP contribution in [-0.4, -0.2) is 41.5 Å². The molecule has 120 valence electrons. The van der Waals surface area contributed by atoms with Crippen LogP contribution in [0.3, 0.4) is 0 Å². The van der Waals surface area contributed by atoms with Gasteiger partial charge in [0.1, 0.15) is 0 Å². The molecule has 1 aromatic heterocycles. The number of nitrogens with one attached hydrogen (secondary N) is 1. The van der Waals surface area contributed by atoms with Gasteiger partial charge in [0.25, 0.3) is 11.8 Å². The first kappa shape index (κ1) is 16.9. The average molecular weight is 330 g/mol. The summed E-state index contributed by atoms with van der Waals surface area (Å²) in [6.45, 7) is 4.01. The van der Waals surface area contributed by atoms with Gasteiger partial charge < -0.3 is 15.3 Å². The van der Waals surface area contributed by atoms with Gasteiger partial charge in [0.2, 0.25) is 0 Å². The molecule has 0 atom stereocenters. The van der Waals surface area contributed by atoms with Gasteiger partial charge in [-0.2, -0.15) is 11.3 Å². The molecule has 5 nitrogen and oxygen atoms in total. The molecule has 0 fully saturated rings. The summed E-state index contributed by atoms with van der Waals surface area (Å²) in [4.78, 5) is 26.3. The first-order valence-corrected chi connectivity index (χ1v) is 8.05. The second kappa shape index (κ2) is 8.26. The summed E-state index contributed by atoms with van der Waals surface area (Å²) < 4.78 is 0. The van der Waals surface area contributed by atoms with Gasteiger partial charge in [0, 0.05) is 18.5 Å². The molecule has 6 heteroatoms. The van der Waals surface area contributed by atoms with E-state index in [9.17, 15) is 9.59 Å². The number of aliphatic hydroxyl groups is 1. The predicted octanol–water partition coefficient (Wildman–Crippen LogP) is 2.62. The lowest BCUT2D eigenvalue weighted by atomic mass is 10.1. The highest BCUT2D eigenvalue weighted by molar-refractivity contribution is 7.08. The SMILES string of the molecule is C=CCN(CCO)C(=O)c1ccccc1NC(=O)c1ccsc1. The van der Waals surface area contributed by atoms with Crippen molar-refractivity contribution in [1.82, 2.24) is 4.90 Å². The van der Waals surface area contributed by atoms with Gasteiger partial charge in [-0.25, -0.2) is 0 Å². The van der Waals surface area contributed by atoms with Crippen molar-refractivity contribution in [3.05, 3.63) is 64.9 Å². The predicted molar refractivity (Wildman–Crippen MR) is 91.9 cm³/mol. The first-order chi connectivity index (χ1) is 11.2. The number of hydrogen-bond acceptors (Lipinski definition) is 4. The molecular weight excluding hydrogens is 312 g/mol. The maximum atomic E-state index is 12.6. The first-order valence-electron chi connectivity index (χ1n) is 7.11. The quantitative estimate of drug-likeness (QED) is 0.767. The molecule has 0 saturated carbocycles. The van der Waals surface area contributed by atoms with Gasteiger partial charge in [-0.3, -0.25) is 9.59 Å². The second-order valence-corrected chi connectivity index (χ2v) is 5.56. The van der Waals surface area contributed by atoms with Crippen LogP contribution < -0.4 is 5.32 Å². The maximum Gasteiger partial charge on any atom is 0.256 e. The smallest absolute Gasteiger partial charge is 0.256 e. The summed E-state index contributed by atoms with van der Waals surface area (Å²) in [6.07, 6.45) is 1.60. The van der Waals surface area contributed by atoms with Crippen LogP contribution in [0, 0.1) is 0 Å². The number of amides is 2. The lowest BCUT2D eigenvalue weighted by Gasteiger charge is -2.21. The number of thiophene rings is 1. The fourth-order valence-corrected chi connectivity index (χ4v) is 2.73. The van der Waals surface area contributed by atoms with Crippen LogP contribution in [0.5, 0.6) is 0 Å². The summed E-state index contributed by atoms with van der Waals surface area (Å²) >= 11 is 1.43. The monoisotopic (exact) mass is 330 g/mol. The van der Waals surface area contributed by atoms with Crippen molar-refractivity contribution in [3.8, 4) is 0 Å². The number of anilines is 1. The van der Waals surface area contributed by atoms with Crippen LogP contribution in [0.2, 0.25) is 0 Å². The molecule has 0 radical (unpaired) electrons. The Hall–Kier alpha value is -2.44. The molecule has 0 aliphatic heterocycles. The van der Waals surface area contributed by atoms with Gasteiger partial charge in [0.15, 0.2) is 0 Å². The molecule has 2 rings (SSSR count). The van der Waals surface area contributed by atoms with Crippen molar-refractivity contribution in [2.24, 2.45) is 0 Å². The summed E-state index contributed by atoms with van der Waals surface area (Å²) in [7, 11) is 0. The third kappa shape index (κ3) is 4.28. The van der Waals surface area contributed by atoms with Crippen LogP contribution in [0.25, 0.3) is 0 Å². The molecule has 23 heavy (non-hydrogen) atoms. The van der Waals surface area contributed by atoms with E-state index < -0.39 is 0 Å². The number of rotatable bonds is 7. The maximum absolute atomic E-state index is 12.6. The van der Waals surface area contributed by atoms with Gasteiger partial charge in [-0.15, -0.1) is 6.58 Å². The van der Waals surface area contributed by atoms with Crippen molar-refractivity contribution >= 4 is 28.8 Å². The van der Waals surface area contributed by atoms with E-state index in [0.29, 0.717) is 23.4 Å². The van der Waals surface area contributed by atoms with E-state index in [-0.39, 0.29) is 25.0 Å². The second-order valence-electron chi connectivity index (χ2n) is 4.78. The summed E-state index contributed by atoms with van der Waals surface area (Å²) in [5, 5.41) is 15.4. The van der Waals surface area contributed by atoms with Crippen LogP contribution in [0.4, 0.5) is 5.69 Å². The Morgan fingerprint density at radius 1 is 1.30 bits per heavy atom. The molecule has 2 N–H and O–H groups in total. The molecule has 0 saturated heterocycles. The molecule has 2 amide bonds. The Labute approximate surface area is 138 Å². The average Bonchev–Trinajstić information content (AvgIpc) is 3.09. The van der Waals surface area contributed by atoms with E-state index in [0.717, 1.165) is 0 Å². The standard InChI is InChI=1S/C17H18N2O3S/c1-2-8-19(9-10-20)17(22)14-5-3-4-6-15(14)18-16(21)13-7-11-23-12-13/h2-7,11-12,20H,1,8-10H2,(H,18,21). The number of nitrogens with zero attached hydrogens (tertiary/aromatic N) is 1. The van der Waals surface area contributed by atoms with E-state index in [1.165, 1.54) is 16.2 Å². The van der Waals surface area contributed by atoms with Crippen LogP contribution in [-0.2, 0) is 0 Å². The highest BCUT2D eigenvalue weighted by atomic mass is 32.1. The highest BCUT2D eigenvalue weighted by Gasteiger charge is 2.19. The minimum absolute atomic E-state index is 0.136. The van der Waals surface area contributed by atoms with Crippen LogP contribution >= 0.6 is 11.3 Å². The van der Waals surface area contributed by atoms with E-state index in [1.54, 1.807) is 41.8 Å². The molecule has 0 bridgehead atoms. The molecule has 0 aliphatic carbocycles. The number of benzene rings is 1. The number of carbonyl (C=O) groups excluding carboxylic acids is 2. The van der Waals surface area contributed by atoms with Crippen molar-refractivity contribution in [3.63, 3.8) is 0 Å². The fourth-order valence-electron chi connectivity index (χ4n) is 2.09. The van der Waals surface area contributed by atoms with Gasteiger partial charge in [0.05, 0.1) is 23.4 Å². The number of para-hydroxylation sites is 1. The Morgan fingerprint density at radius 2 is 2.09 bits per heavy atom. The number of aliphatic hydroxyl groups excluding tert-OH is 1. The zero-order valence-electron chi connectivity index (χ0n) is 12.6. The lowest BCUT2D eigenvalue weighted by molar-refractivity contribution is 0.0744. The molecule has 0 unspecified atom stereocenters.